The average molecular weight is 396 g/mol. The quantitative estimate of drug-likeness (QED) is 0.264. The van der Waals surface area contributed by atoms with Crippen LogP contribution in [0.2, 0.25) is 13.1 Å². The van der Waals surface area contributed by atoms with Crippen LogP contribution < -0.4 is 5.32 Å². The van der Waals surface area contributed by atoms with Crippen molar-refractivity contribution in [2.45, 2.75) is 47.1 Å². The van der Waals surface area contributed by atoms with Crippen molar-refractivity contribution in [1.82, 2.24) is 5.32 Å². The van der Waals surface area contributed by atoms with Crippen molar-refractivity contribution < 1.29 is 26.6 Å². The third kappa shape index (κ3) is 10.6. The normalized spacial score (nSPS) is 16.2. The van der Waals surface area contributed by atoms with E-state index in [1.807, 2.05) is 40.8 Å². The van der Waals surface area contributed by atoms with E-state index in [-0.39, 0.29) is 30.4 Å². The fourth-order valence-electron chi connectivity index (χ4n) is 2.17. The Balaban J connectivity index is 5.41. The summed E-state index contributed by atoms with van der Waals surface area (Å²) in [7, 11) is -5.29. The maximum atomic E-state index is 11.7. The van der Waals surface area contributed by atoms with Gasteiger partial charge in [-0.05, 0) is 24.4 Å². The van der Waals surface area contributed by atoms with Crippen molar-refractivity contribution in [3.05, 3.63) is 12.7 Å². The number of rotatable bonds is 10. The lowest BCUT2D eigenvalue weighted by Crippen LogP contribution is -2.46. The topological polar surface area (TPSA) is 90.9 Å². The van der Waals surface area contributed by atoms with E-state index >= 15 is 0 Å². The van der Waals surface area contributed by atoms with Crippen LogP contribution in [-0.2, 0) is 23.5 Å². The zero-order valence-corrected chi connectivity index (χ0v) is 18.3. The number of hydrogen-bond acceptors (Lipinski definition) is 6. The van der Waals surface area contributed by atoms with Crippen LogP contribution in [0.3, 0.4) is 0 Å². The molecule has 0 saturated carbocycles. The second-order valence-corrected chi connectivity index (χ2v) is 11.4. The number of nitrogens with one attached hydrogen (secondary N) is 1. The minimum atomic E-state index is -3.71. The molecular formula is C16H33NO6SSi. The molecule has 0 saturated heterocycles. The van der Waals surface area contributed by atoms with Gasteiger partial charge < -0.3 is 14.5 Å². The Hall–Kier alpha value is -0.903. The minimum absolute atomic E-state index is 0.00621. The zero-order chi connectivity index (χ0) is 19.8. The predicted octanol–water partition coefficient (Wildman–Crippen LogP) is 2.50. The van der Waals surface area contributed by atoms with Crippen molar-refractivity contribution in [2.75, 3.05) is 19.4 Å². The highest BCUT2D eigenvalue weighted by Crippen LogP contribution is 2.35. The fraction of sp³-hybridized carbons (Fsp3) is 0.812. The van der Waals surface area contributed by atoms with Crippen molar-refractivity contribution in [2.24, 2.45) is 17.3 Å². The van der Waals surface area contributed by atoms with Gasteiger partial charge in [-0.15, -0.1) is 0 Å². The van der Waals surface area contributed by atoms with Crippen LogP contribution in [0.25, 0.3) is 0 Å². The van der Waals surface area contributed by atoms with Crippen LogP contribution in [-0.4, -0.2) is 49.2 Å². The molecule has 148 valence electrons. The van der Waals surface area contributed by atoms with Crippen LogP contribution in [0.5, 0.6) is 0 Å². The zero-order valence-electron chi connectivity index (χ0n) is 16.4. The van der Waals surface area contributed by atoms with Gasteiger partial charge in [0.1, 0.15) is 6.61 Å². The van der Waals surface area contributed by atoms with Gasteiger partial charge in [0.2, 0.25) is 0 Å². The molecule has 3 unspecified atom stereocenters. The Labute approximate surface area is 154 Å². The van der Waals surface area contributed by atoms with Gasteiger partial charge in [-0.2, -0.15) is 8.42 Å². The van der Waals surface area contributed by atoms with Crippen molar-refractivity contribution in [1.29, 1.82) is 0 Å². The summed E-state index contributed by atoms with van der Waals surface area (Å²) in [4.78, 5) is 11.7. The molecule has 0 bridgehead atoms. The third-order valence-corrected chi connectivity index (χ3v) is 5.20. The molecule has 1 N–H and O–H groups in total. The van der Waals surface area contributed by atoms with Gasteiger partial charge in [-0.1, -0.05) is 40.3 Å². The highest BCUT2D eigenvalue weighted by molar-refractivity contribution is 7.86. The Morgan fingerprint density at radius 3 is 2.28 bits per heavy atom. The molecule has 0 heterocycles. The number of alkyl carbamates (subject to hydrolysis) is 1. The van der Waals surface area contributed by atoms with Gasteiger partial charge in [0.15, 0.2) is 15.3 Å². The van der Waals surface area contributed by atoms with Crippen LogP contribution in [0.4, 0.5) is 4.79 Å². The Kier molecular flexibility index (Phi) is 9.92. The highest BCUT2D eigenvalue weighted by Gasteiger charge is 2.37. The van der Waals surface area contributed by atoms with E-state index in [1.54, 1.807) is 0 Å². The largest absolute Gasteiger partial charge is 0.445 e. The lowest BCUT2D eigenvalue weighted by molar-refractivity contribution is -0.0699. The summed E-state index contributed by atoms with van der Waals surface area (Å²) in [6.07, 6.45) is 0.926. The second kappa shape index (κ2) is 10.3. The standard InChI is InChI=1S/C16H33NO6SSi/c1-9-10-21-15(18)17-11-13(12(2)16(3,4)5)14(23-25(7)8)22-24(6,19)20/h9,12-14,25H,1,10-11H2,2-8H3,(H,17,18). The van der Waals surface area contributed by atoms with E-state index in [9.17, 15) is 13.2 Å². The van der Waals surface area contributed by atoms with Gasteiger partial charge in [0.25, 0.3) is 10.1 Å². The Bertz CT molecular complexity index is 529. The van der Waals surface area contributed by atoms with Crippen LogP contribution in [0, 0.1) is 17.3 Å². The minimum Gasteiger partial charge on any atom is -0.445 e. The number of ether oxygens (including phenoxy) is 1. The van der Waals surface area contributed by atoms with Gasteiger partial charge in [0.05, 0.1) is 6.26 Å². The smallest absolute Gasteiger partial charge is 0.407 e. The molecular weight excluding hydrogens is 362 g/mol. The molecule has 7 nitrogen and oxygen atoms in total. The molecule has 0 spiro atoms. The monoisotopic (exact) mass is 395 g/mol. The van der Waals surface area contributed by atoms with Crippen LogP contribution in [0.1, 0.15) is 27.7 Å². The molecule has 9 heteroatoms. The molecule has 0 rings (SSSR count). The SMILES string of the molecule is C=CCOC(=O)NCC(C(O[SiH](C)C)OS(C)(=O)=O)C(C)C(C)(C)C. The molecule has 0 radical (unpaired) electrons. The summed E-state index contributed by atoms with van der Waals surface area (Å²) in [5.74, 6) is -0.354. The summed E-state index contributed by atoms with van der Waals surface area (Å²) in [5.41, 5.74) is -0.140. The summed E-state index contributed by atoms with van der Waals surface area (Å²) in [6.45, 7) is 15.8. The van der Waals surface area contributed by atoms with E-state index in [0.29, 0.717) is 0 Å². The van der Waals surface area contributed by atoms with Crippen molar-refractivity contribution in [3.8, 4) is 0 Å². The molecule has 0 aromatic rings. The van der Waals surface area contributed by atoms with Crippen molar-refractivity contribution in [3.63, 3.8) is 0 Å². The number of hydrogen-bond donors (Lipinski definition) is 1. The number of carbonyl (C=O) groups excluding carboxylic acids is 1. The summed E-state index contributed by atoms with van der Waals surface area (Å²) in [6, 6.07) is 0. The van der Waals surface area contributed by atoms with Crippen LogP contribution >= 0.6 is 0 Å². The highest BCUT2D eigenvalue weighted by atomic mass is 32.2. The van der Waals surface area contributed by atoms with E-state index in [4.69, 9.17) is 13.3 Å². The predicted molar refractivity (Wildman–Crippen MR) is 101 cm³/mol. The number of amides is 1. The molecule has 0 aliphatic carbocycles. The summed E-state index contributed by atoms with van der Waals surface area (Å²) >= 11 is 0. The molecule has 3 atom stereocenters. The number of carbonyl (C=O) groups is 1. The third-order valence-electron chi connectivity index (χ3n) is 3.85. The average Bonchev–Trinajstić information content (AvgIpc) is 2.41. The first-order valence-electron chi connectivity index (χ1n) is 8.33. The van der Waals surface area contributed by atoms with E-state index < -0.39 is 31.5 Å². The molecule has 25 heavy (non-hydrogen) atoms. The van der Waals surface area contributed by atoms with E-state index in [2.05, 4.69) is 11.9 Å². The first-order valence-corrected chi connectivity index (χ1v) is 12.9. The summed E-state index contributed by atoms with van der Waals surface area (Å²) in [5, 5.41) is 2.66. The fourth-order valence-corrected chi connectivity index (χ4v) is 3.58. The lowest BCUT2D eigenvalue weighted by Gasteiger charge is -2.38. The van der Waals surface area contributed by atoms with Crippen molar-refractivity contribution >= 4 is 25.3 Å². The first kappa shape index (κ1) is 24.1. The lowest BCUT2D eigenvalue weighted by atomic mass is 9.74. The first-order chi connectivity index (χ1) is 11.3. The van der Waals surface area contributed by atoms with Gasteiger partial charge in [0, 0.05) is 12.5 Å². The molecule has 0 fully saturated rings. The Morgan fingerprint density at radius 1 is 1.32 bits per heavy atom. The molecule has 1 amide bonds. The summed E-state index contributed by atoms with van der Waals surface area (Å²) < 4.78 is 39.3. The van der Waals surface area contributed by atoms with Gasteiger partial charge in [-0.25, -0.2) is 8.98 Å². The molecule has 0 aromatic heterocycles. The maximum absolute atomic E-state index is 11.7. The maximum Gasteiger partial charge on any atom is 0.407 e. The van der Waals surface area contributed by atoms with E-state index in [0.717, 1.165) is 6.26 Å². The van der Waals surface area contributed by atoms with Gasteiger partial charge in [-0.3, -0.25) is 0 Å². The van der Waals surface area contributed by atoms with Gasteiger partial charge >= 0.3 is 6.09 Å². The molecule has 0 aliphatic heterocycles. The Morgan fingerprint density at radius 2 is 1.88 bits per heavy atom. The molecule has 0 aromatic carbocycles. The van der Waals surface area contributed by atoms with Crippen LogP contribution in [0.15, 0.2) is 12.7 Å². The van der Waals surface area contributed by atoms with E-state index in [1.165, 1.54) is 6.08 Å². The molecule has 0 aliphatic rings. The second-order valence-electron chi connectivity index (χ2n) is 7.44.